The lowest BCUT2D eigenvalue weighted by Gasteiger charge is -2.17. The van der Waals surface area contributed by atoms with E-state index in [4.69, 9.17) is 21.1 Å². The second-order valence-electron chi connectivity index (χ2n) is 4.42. The molecule has 0 saturated heterocycles. The quantitative estimate of drug-likeness (QED) is 0.647. The van der Waals surface area contributed by atoms with E-state index in [0.717, 1.165) is 24.3 Å². The van der Waals surface area contributed by atoms with Crippen LogP contribution in [0.4, 0.5) is 0 Å². The van der Waals surface area contributed by atoms with Crippen molar-refractivity contribution in [1.29, 1.82) is 0 Å². The number of hydrogen-bond acceptors (Lipinski definition) is 2. The van der Waals surface area contributed by atoms with Gasteiger partial charge in [0, 0.05) is 5.38 Å². The average Bonchev–Trinajstić information content (AvgIpc) is 2.40. The summed E-state index contributed by atoms with van der Waals surface area (Å²) in [5, 5.41) is 0.232. The number of hydrogen-bond donors (Lipinski definition) is 0. The molecule has 102 valence electrons. The summed E-state index contributed by atoms with van der Waals surface area (Å²) in [6.07, 6.45) is 1.96. The monoisotopic (exact) mass is 270 g/mol. The van der Waals surface area contributed by atoms with Gasteiger partial charge in [0.05, 0.1) is 13.2 Å². The Kier molecular flexibility index (Phi) is 6.96. The zero-order valence-corrected chi connectivity index (χ0v) is 12.2. The van der Waals surface area contributed by atoms with Gasteiger partial charge in [-0.15, -0.1) is 11.6 Å². The molecule has 0 aromatic heterocycles. The van der Waals surface area contributed by atoms with E-state index in [0.29, 0.717) is 19.1 Å². The fourth-order valence-electron chi connectivity index (χ4n) is 1.78. The molecule has 1 aromatic carbocycles. The molecule has 2 atom stereocenters. The zero-order valence-electron chi connectivity index (χ0n) is 11.5. The van der Waals surface area contributed by atoms with Crippen LogP contribution in [-0.2, 0) is 0 Å². The summed E-state index contributed by atoms with van der Waals surface area (Å²) < 4.78 is 11.3. The molecule has 0 spiro atoms. The molecule has 0 aliphatic rings. The average molecular weight is 271 g/mol. The number of alkyl halides is 1. The summed E-state index contributed by atoms with van der Waals surface area (Å²) in [6.45, 7) is 7.57. The van der Waals surface area contributed by atoms with Gasteiger partial charge in [-0.3, -0.25) is 0 Å². The summed E-state index contributed by atoms with van der Waals surface area (Å²) >= 11 is 6.20. The van der Waals surface area contributed by atoms with Crippen molar-refractivity contribution in [2.24, 2.45) is 5.92 Å². The maximum atomic E-state index is 6.20. The first-order valence-corrected chi connectivity index (χ1v) is 7.11. The molecule has 0 aliphatic heterocycles. The van der Waals surface area contributed by atoms with Gasteiger partial charge in [0.2, 0.25) is 0 Å². The SMILES string of the molecule is CCOc1ccccc1OCCC(C)C(Cl)CC. The Morgan fingerprint density at radius 2 is 1.72 bits per heavy atom. The third-order valence-corrected chi connectivity index (χ3v) is 3.73. The molecule has 0 heterocycles. The maximum Gasteiger partial charge on any atom is 0.161 e. The lowest BCUT2D eigenvalue weighted by atomic mass is 10.0. The molecule has 0 radical (unpaired) electrons. The Morgan fingerprint density at radius 3 is 2.28 bits per heavy atom. The molecule has 1 rings (SSSR count). The lowest BCUT2D eigenvalue weighted by Crippen LogP contribution is -2.14. The van der Waals surface area contributed by atoms with E-state index in [1.807, 2.05) is 31.2 Å². The van der Waals surface area contributed by atoms with Crippen LogP contribution in [0.1, 0.15) is 33.6 Å². The Labute approximate surface area is 115 Å². The Morgan fingerprint density at radius 1 is 1.11 bits per heavy atom. The highest BCUT2D eigenvalue weighted by atomic mass is 35.5. The van der Waals surface area contributed by atoms with Crippen LogP contribution in [0.3, 0.4) is 0 Å². The van der Waals surface area contributed by atoms with Gasteiger partial charge in [-0.1, -0.05) is 26.0 Å². The van der Waals surface area contributed by atoms with Crippen molar-refractivity contribution in [2.75, 3.05) is 13.2 Å². The van der Waals surface area contributed by atoms with Crippen LogP contribution in [0.15, 0.2) is 24.3 Å². The van der Waals surface area contributed by atoms with Crippen molar-refractivity contribution in [1.82, 2.24) is 0 Å². The molecule has 2 unspecified atom stereocenters. The lowest BCUT2D eigenvalue weighted by molar-refractivity contribution is 0.256. The molecular formula is C15H23ClO2. The van der Waals surface area contributed by atoms with Crippen LogP contribution in [0.25, 0.3) is 0 Å². The molecule has 0 aliphatic carbocycles. The molecular weight excluding hydrogens is 248 g/mol. The molecule has 0 saturated carbocycles. The van der Waals surface area contributed by atoms with Crippen LogP contribution in [-0.4, -0.2) is 18.6 Å². The van der Waals surface area contributed by atoms with Crippen molar-refractivity contribution in [3.8, 4) is 11.5 Å². The van der Waals surface area contributed by atoms with Crippen molar-refractivity contribution < 1.29 is 9.47 Å². The largest absolute Gasteiger partial charge is 0.490 e. The van der Waals surface area contributed by atoms with Gasteiger partial charge in [0.15, 0.2) is 11.5 Å². The first kappa shape index (κ1) is 15.2. The standard InChI is InChI=1S/C15H23ClO2/c1-4-13(16)12(3)10-11-18-15-9-7-6-8-14(15)17-5-2/h6-9,12-13H,4-5,10-11H2,1-3H3. The van der Waals surface area contributed by atoms with Gasteiger partial charge < -0.3 is 9.47 Å². The fraction of sp³-hybridized carbons (Fsp3) is 0.600. The molecule has 0 N–H and O–H groups in total. The van der Waals surface area contributed by atoms with Crippen LogP contribution in [0.2, 0.25) is 0 Å². The Hall–Kier alpha value is -0.890. The third-order valence-electron chi connectivity index (χ3n) is 2.99. The van der Waals surface area contributed by atoms with Gasteiger partial charge in [0.25, 0.3) is 0 Å². The molecule has 2 nitrogen and oxygen atoms in total. The Bertz CT molecular complexity index is 341. The first-order chi connectivity index (χ1) is 8.69. The van der Waals surface area contributed by atoms with Gasteiger partial charge in [0.1, 0.15) is 0 Å². The van der Waals surface area contributed by atoms with E-state index in [1.165, 1.54) is 0 Å². The van der Waals surface area contributed by atoms with Crippen molar-refractivity contribution in [2.45, 2.75) is 39.0 Å². The van der Waals surface area contributed by atoms with Crippen LogP contribution in [0.5, 0.6) is 11.5 Å². The molecule has 0 bridgehead atoms. The predicted octanol–water partition coefficient (Wildman–Crippen LogP) is 4.51. The van der Waals surface area contributed by atoms with Crippen LogP contribution >= 0.6 is 11.6 Å². The van der Waals surface area contributed by atoms with Crippen LogP contribution < -0.4 is 9.47 Å². The molecule has 18 heavy (non-hydrogen) atoms. The molecule has 0 amide bonds. The summed E-state index contributed by atoms with van der Waals surface area (Å²) in [4.78, 5) is 0. The summed E-state index contributed by atoms with van der Waals surface area (Å²) in [6, 6.07) is 7.77. The smallest absolute Gasteiger partial charge is 0.161 e. The highest BCUT2D eigenvalue weighted by Crippen LogP contribution is 2.27. The highest BCUT2D eigenvalue weighted by molar-refractivity contribution is 6.20. The summed E-state index contributed by atoms with van der Waals surface area (Å²) in [5.74, 6) is 2.09. The van der Waals surface area contributed by atoms with Crippen LogP contribution in [0, 0.1) is 5.92 Å². The normalized spacial score (nSPS) is 14.0. The van der Waals surface area contributed by atoms with E-state index >= 15 is 0 Å². The van der Waals surface area contributed by atoms with Gasteiger partial charge in [-0.05, 0) is 37.8 Å². The summed E-state index contributed by atoms with van der Waals surface area (Å²) in [7, 11) is 0. The van der Waals surface area contributed by atoms with Crippen molar-refractivity contribution >= 4 is 11.6 Å². The maximum absolute atomic E-state index is 6.20. The van der Waals surface area contributed by atoms with Crippen molar-refractivity contribution in [3.05, 3.63) is 24.3 Å². The second-order valence-corrected chi connectivity index (χ2v) is 4.98. The van der Waals surface area contributed by atoms with E-state index in [-0.39, 0.29) is 5.38 Å². The molecule has 0 fully saturated rings. The third kappa shape index (κ3) is 4.77. The minimum Gasteiger partial charge on any atom is -0.490 e. The van der Waals surface area contributed by atoms with Gasteiger partial charge in [-0.2, -0.15) is 0 Å². The van der Waals surface area contributed by atoms with Gasteiger partial charge >= 0.3 is 0 Å². The topological polar surface area (TPSA) is 18.5 Å². The van der Waals surface area contributed by atoms with E-state index < -0.39 is 0 Å². The fourth-order valence-corrected chi connectivity index (χ4v) is 1.91. The van der Waals surface area contributed by atoms with E-state index in [2.05, 4.69) is 13.8 Å². The molecule has 1 aromatic rings. The minimum atomic E-state index is 0.232. The second kappa shape index (κ2) is 8.25. The number of para-hydroxylation sites is 2. The predicted molar refractivity (Wildman–Crippen MR) is 76.8 cm³/mol. The van der Waals surface area contributed by atoms with E-state index in [9.17, 15) is 0 Å². The number of halogens is 1. The number of ether oxygens (including phenoxy) is 2. The molecule has 3 heteroatoms. The van der Waals surface area contributed by atoms with Crippen molar-refractivity contribution in [3.63, 3.8) is 0 Å². The first-order valence-electron chi connectivity index (χ1n) is 6.67. The summed E-state index contributed by atoms with van der Waals surface area (Å²) in [5.41, 5.74) is 0. The Balaban J connectivity index is 2.43. The van der Waals surface area contributed by atoms with E-state index in [1.54, 1.807) is 0 Å². The van der Waals surface area contributed by atoms with Gasteiger partial charge in [-0.25, -0.2) is 0 Å². The number of rotatable bonds is 8. The number of benzene rings is 1. The zero-order chi connectivity index (χ0) is 13.4. The highest BCUT2D eigenvalue weighted by Gasteiger charge is 2.12. The minimum absolute atomic E-state index is 0.232.